The second-order valence-corrected chi connectivity index (χ2v) is 5.26. The predicted molar refractivity (Wildman–Crippen MR) is 76.7 cm³/mol. The highest BCUT2D eigenvalue weighted by molar-refractivity contribution is 5.91. The molecule has 6 heteroatoms. The van der Waals surface area contributed by atoms with E-state index in [0.29, 0.717) is 18.8 Å². The summed E-state index contributed by atoms with van der Waals surface area (Å²) in [6.45, 7) is 5.86. The Morgan fingerprint density at radius 3 is 2.57 bits per heavy atom. The minimum Gasteiger partial charge on any atom is -0.351 e. The Morgan fingerprint density at radius 1 is 1.24 bits per heavy atom. The zero-order chi connectivity index (χ0) is 14.7. The zero-order valence-corrected chi connectivity index (χ0v) is 12.0. The fourth-order valence-electron chi connectivity index (χ4n) is 2.48. The van der Waals surface area contributed by atoms with Crippen LogP contribution in [0, 0.1) is 6.92 Å². The number of aromatic nitrogens is 2. The molecular formula is C15H18N4O2. The Hall–Kier alpha value is -2.21. The van der Waals surface area contributed by atoms with Gasteiger partial charge in [-0.1, -0.05) is 5.16 Å². The van der Waals surface area contributed by atoms with Gasteiger partial charge >= 0.3 is 0 Å². The van der Waals surface area contributed by atoms with Crippen LogP contribution in [0.3, 0.4) is 0 Å². The Bertz CT molecular complexity index is 603. The molecule has 1 saturated heterocycles. The van der Waals surface area contributed by atoms with Crippen molar-refractivity contribution in [1.82, 2.24) is 19.9 Å². The van der Waals surface area contributed by atoms with Crippen LogP contribution in [-0.2, 0) is 6.54 Å². The summed E-state index contributed by atoms with van der Waals surface area (Å²) in [5, 5.41) is 3.76. The van der Waals surface area contributed by atoms with Gasteiger partial charge in [0.2, 0.25) is 5.76 Å². The van der Waals surface area contributed by atoms with Crippen molar-refractivity contribution in [2.75, 3.05) is 26.2 Å². The van der Waals surface area contributed by atoms with Gasteiger partial charge in [0.25, 0.3) is 5.91 Å². The van der Waals surface area contributed by atoms with Gasteiger partial charge in [0.15, 0.2) is 0 Å². The SMILES string of the molecule is Cc1cc(C(=O)N2CCN(Cc3ccncc3)CC2)on1. The van der Waals surface area contributed by atoms with Crippen molar-refractivity contribution in [3.63, 3.8) is 0 Å². The van der Waals surface area contributed by atoms with E-state index in [4.69, 9.17) is 4.52 Å². The molecular weight excluding hydrogens is 268 g/mol. The van der Waals surface area contributed by atoms with Gasteiger partial charge in [-0.05, 0) is 24.6 Å². The fraction of sp³-hybridized carbons (Fsp3) is 0.400. The van der Waals surface area contributed by atoms with Crippen molar-refractivity contribution in [3.8, 4) is 0 Å². The molecule has 1 aliphatic rings. The first-order valence-corrected chi connectivity index (χ1v) is 7.06. The van der Waals surface area contributed by atoms with E-state index in [9.17, 15) is 4.79 Å². The van der Waals surface area contributed by atoms with Crippen molar-refractivity contribution in [3.05, 3.63) is 47.6 Å². The van der Waals surface area contributed by atoms with Crippen LogP contribution < -0.4 is 0 Å². The number of hydrogen-bond donors (Lipinski definition) is 0. The lowest BCUT2D eigenvalue weighted by molar-refractivity contribution is 0.0588. The van der Waals surface area contributed by atoms with Gasteiger partial charge in [-0.25, -0.2) is 0 Å². The average molecular weight is 286 g/mol. The summed E-state index contributed by atoms with van der Waals surface area (Å²) in [5.41, 5.74) is 1.98. The Balaban J connectivity index is 1.54. The highest BCUT2D eigenvalue weighted by Crippen LogP contribution is 2.12. The lowest BCUT2D eigenvalue weighted by atomic mass is 10.2. The smallest absolute Gasteiger partial charge is 0.292 e. The van der Waals surface area contributed by atoms with E-state index in [1.807, 2.05) is 24.0 Å². The maximum atomic E-state index is 12.2. The minimum atomic E-state index is -0.0702. The molecule has 2 aromatic rings. The molecule has 1 amide bonds. The molecule has 0 radical (unpaired) electrons. The number of piperazine rings is 1. The third-order valence-electron chi connectivity index (χ3n) is 3.65. The van der Waals surface area contributed by atoms with Gasteiger partial charge in [-0.15, -0.1) is 0 Å². The first-order valence-electron chi connectivity index (χ1n) is 7.06. The van der Waals surface area contributed by atoms with E-state index < -0.39 is 0 Å². The second kappa shape index (κ2) is 6.05. The van der Waals surface area contributed by atoms with Crippen LogP contribution >= 0.6 is 0 Å². The van der Waals surface area contributed by atoms with Crippen LogP contribution in [-0.4, -0.2) is 52.0 Å². The van der Waals surface area contributed by atoms with E-state index in [1.165, 1.54) is 5.56 Å². The van der Waals surface area contributed by atoms with E-state index in [-0.39, 0.29) is 5.91 Å². The molecule has 0 atom stereocenters. The monoisotopic (exact) mass is 286 g/mol. The molecule has 2 aromatic heterocycles. The number of carbonyl (C=O) groups excluding carboxylic acids is 1. The maximum Gasteiger partial charge on any atom is 0.292 e. The van der Waals surface area contributed by atoms with Crippen molar-refractivity contribution in [1.29, 1.82) is 0 Å². The molecule has 0 spiro atoms. The van der Waals surface area contributed by atoms with Crippen molar-refractivity contribution in [2.45, 2.75) is 13.5 Å². The van der Waals surface area contributed by atoms with Gasteiger partial charge in [0.1, 0.15) is 0 Å². The van der Waals surface area contributed by atoms with E-state index in [2.05, 4.69) is 15.0 Å². The molecule has 0 saturated carbocycles. The van der Waals surface area contributed by atoms with Crippen molar-refractivity contribution in [2.24, 2.45) is 0 Å². The molecule has 0 unspecified atom stereocenters. The van der Waals surface area contributed by atoms with Crippen LogP contribution in [0.2, 0.25) is 0 Å². The van der Waals surface area contributed by atoms with Crippen LogP contribution in [0.15, 0.2) is 35.1 Å². The Morgan fingerprint density at radius 2 is 1.95 bits per heavy atom. The quantitative estimate of drug-likeness (QED) is 0.852. The molecule has 21 heavy (non-hydrogen) atoms. The number of amides is 1. The topological polar surface area (TPSA) is 62.5 Å². The van der Waals surface area contributed by atoms with Gasteiger partial charge in [-0.3, -0.25) is 14.7 Å². The number of aryl methyl sites for hydroxylation is 1. The van der Waals surface area contributed by atoms with E-state index in [1.54, 1.807) is 18.5 Å². The molecule has 0 aliphatic carbocycles. The number of rotatable bonds is 3. The van der Waals surface area contributed by atoms with Gasteiger partial charge in [-0.2, -0.15) is 0 Å². The summed E-state index contributed by atoms with van der Waals surface area (Å²) in [4.78, 5) is 20.4. The van der Waals surface area contributed by atoms with Gasteiger partial charge in [0.05, 0.1) is 5.69 Å². The summed E-state index contributed by atoms with van der Waals surface area (Å²) in [5.74, 6) is 0.259. The molecule has 0 aromatic carbocycles. The van der Waals surface area contributed by atoms with Crippen molar-refractivity contribution >= 4 is 5.91 Å². The van der Waals surface area contributed by atoms with Crippen molar-refractivity contribution < 1.29 is 9.32 Å². The van der Waals surface area contributed by atoms with Gasteiger partial charge < -0.3 is 9.42 Å². The Kier molecular flexibility index (Phi) is 3.96. The fourth-order valence-corrected chi connectivity index (χ4v) is 2.48. The van der Waals surface area contributed by atoms with Crippen LogP contribution in [0.25, 0.3) is 0 Å². The zero-order valence-electron chi connectivity index (χ0n) is 12.0. The highest BCUT2D eigenvalue weighted by Gasteiger charge is 2.24. The number of nitrogens with zero attached hydrogens (tertiary/aromatic N) is 4. The number of hydrogen-bond acceptors (Lipinski definition) is 5. The summed E-state index contributed by atoms with van der Waals surface area (Å²) < 4.78 is 5.04. The van der Waals surface area contributed by atoms with E-state index in [0.717, 1.165) is 25.3 Å². The molecule has 0 bridgehead atoms. The standard InChI is InChI=1S/C15H18N4O2/c1-12-10-14(21-17-12)15(20)19-8-6-18(7-9-19)11-13-2-4-16-5-3-13/h2-5,10H,6-9,11H2,1H3. The van der Waals surface area contributed by atoms with Gasteiger partial charge in [0, 0.05) is 51.2 Å². The lowest BCUT2D eigenvalue weighted by Gasteiger charge is -2.34. The largest absolute Gasteiger partial charge is 0.351 e. The third-order valence-corrected chi connectivity index (χ3v) is 3.65. The summed E-state index contributed by atoms with van der Waals surface area (Å²) >= 11 is 0. The summed E-state index contributed by atoms with van der Waals surface area (Å²) in [6.07, 6.45) is 3.61. The molecule has 1 aliphatic heterocycles. The highest BCUT2D eigenvalue weighted by atomic mass is 16.5. The predicted octanol–water partition coefficient (Wildman–Crippen LogP) is 1.34. The molecule has 3 rings (SSSR count). The molecule has 1 fully saturated rings. The maximum absolute atomic E-state index is 12.2. The van der Waals surface area contributed by atoms with Crippen LogP contribution in [0.4, 0.5) is 0 Å². The molecule has 6 nitrogen and oxygen atoms in total. The number of carbonyl (C=O) groups is 1. The normalized spacial score (nSPS) is 16.1. The first-order chi connectivity index (χ1) is 10.2. The molecule has 110 valence electrons. The molecule has 0 N–H and O–H groups in total. The third kappa shape index (κ3) is 3.28. The molecule has 3 heterocycles. The van der Waals surface area contributed by atoms with Crippen LogP contribution in [0.1, 0.15) is 21.8 Å². The number of pyridine rings is 1. The Labute approximate surface area is 123 Å². The van der Waals surface area contributed by atoms with E-state index >= 15 is 0 Å². The summed E-state index contributed by atoms with van der Waals surface area (Å²) in [7, 11) is 0. The average Bonchev–Trinajstić information content (AvgIpc) is 2.95. The lowest BCUT2D eigenvalue weighted by Crippen LogP contribution is -2.48. The first kappa shape index (κ1) is 13.8. The second-order valence-electron chi connectivity index (χ2n) is 5.26. The minimum absolute atomic E-state index is 0.0702. The van der Waals surface area contributed by atoms with Crippen LogP contribution in [0.5, 0.6) is 0 Å². The summed E-state index contributed by atoms with van der Waals surface area (Å²) in [6, 6.07) is 5.73.